The van der Waals surface area contributed by atoms with E-state index in [0.717, 1.165) is 28.2 Å². The number of methoxy groups -OCH3 is 2. The van der Waals surface area contributed by atoms with E-state index in [9.17, 15) is 4.79 Å². The maximum absolute atomic E-state index is 12.3. The number of hydrogen-bond donors (Lipinski definition) is 1. The first-order chi connectivity index (χ1) is 11.0. The molecule has 0 saturated heterocycles. The van der Waals surface area contributed by atoms with Crippen molar-refractivity contribution < 1.29 is 14.3 Å². The molecule has 1 N–H and O–H groups in total. The summed E-state index contributed by atoms with van der Waals surface area (Å²) >= 11 is 0. The van der Waals surface area contributed by atoms with E-state index in [2.05, 4.69) is 5.32 Å². The average Bonchev–Trinajstić information content (AvgIpc) is 2.56. The Morgan fingerprint density at radius 1 is 1.13 bits per heavy atom. The predicted octanol–water partition coefficient (Wildman–Crippen LogP) is 3.43. The summed E-state index contributed by atoms with van der Waals surface area (Å²) in [4.78, 5) is 12.3. The Bertz CT molecular complexity index is 682. The second kappa shape index (κ2) is 7.68. The topological polar surface area (TPSA) is 47.6 Å². The molecule has 0 unspecified atom stereocenters. The summed E-state index contributed by atoms with van der Waals surface area (Å²) in [5.41, 5.74) is 3.05. The van der Waals surface area contributed by atoms with Gasteiger partial charge < -0.3 is 14.8 Å². The quantitative estimate of drug-likeness (QED) is 0.889. The van der Waals surface area contributed by atoms with Crippen LogP contribution in [-0.4, -0.2) is 20.1 Å². The summed E-state index contributed by atoms with van der Waals surface area (Å²) < 4.78 is 10.6. The zero-order chi connectivity index (χ0) is 16.8. The molecule has 4 nitrogen and oxygen atoms in total. The van der Waals surface area contributed by atoms with Gasteiger partial charge >= 0.3 is 0 Å². The van der Waals surface area contributed by atoms with E-state index in [1.54, 1.807) is 14.2 Å². The lowest BCUT2D eigenvalue weighted by molar-refractivity contribution is -0.121. The van der Waals surface area contributed by atoms with Gasteiger partial charge in [0.2, 0.25) is 5.91 Å². The van der Waals surface area contributed by atoms with Crippen molar-refractivity contribution in [2.75, 3.05) is 14.2 Å². The van der Waals surface area contributed by atoms with Crippen LogP contribution in [0.4, 0.5) is 0 Å². The number of amides is 1. The highest BCUT2D eigenvalue weighted by Gasteiger charge is 2.15. The van der Waals surface area contributed by atoms with Crippen LogP contribution in [0.25, 0.3) is 0 Å². The molecule has 0 fully saturated rings. The highest BCUT2D eigenvalue weighted by molar-refractivity contribution is 5.79. The van der Waals surface area contributed by atoms with Gasteiger partial charge in [0, 0.05) is 5.56 Å². The lowest BCUT2D eigenvalue weighted by Crippen LogP contribution is -2.28. The van der Waals surface area contributed by atoms with Crippen molar-refractivity contribution in [3.05, 3.63) is 59.2 Å². The van der Waals surface area contributed by atoms with Gasteiger partial charge in [0.15, 0.2) is 0 Å². The Morgan fingerprint density at radius 3 is 2.52 bits per heavy atom. The number of carbonyl (C=O) groups excluding carboxylic acids is 1. The molecule has 0 aromatic heterocycles. The zero-order valence-corrected chi connectivity index (χ0v) is 14.1. The van der Waals surface area contributed by atoms with Crippen LogP contribution in [0, 0.1) is 6.92 Å². The van der Waals surface area contributed by atoms with Gasteiger partial charge in [0.1, 0.15) is 11.5 Å². The molecule has 0 aliphatic rings. The Balaban J connectivity index is 2.10. The van der Waals surface area contributed by atoms with E-state index >= 15 is 0 Å². The third-order valence-electron chi connectivity index (χ3n) is 3.89. The number of ether oxygens (including phenoxy) is 2. The Labute approximate surface area is 137 Å². The monoisotopic (exact) mass is 313 g/mol. The second-order valence-electron chi connectivity index (χ2n) is 5.50. The minimum absolute atomic E-state index is 0.0170. The third kappa shape index (κ3) is 4.25. The second-order valence-corrected chi connectivity index (χ2v) is 5.50. The summed E-state index contributed by atoms with van der Waals surface area (Å²) in [6.07, 6.45) is 0.364. The van der Waals surface area contributed by atoms with Gasteiger partial charge in [-0.2, -0.15) is 0 Å². The summed E-state index contributed by atoms with van der Waals surface area (Å²) in [7, 11) is 3.24. The van der Waals surface area contributed by atoms with Crippen LogP contribution in [0.1, 0.15) is 29.7 Å². The lowest BCUT2D eigenvalue weighted by Gasteiger charge is -2.18. The van der Waals surface area contributed by atoms with Gasteiger partial charge in [-0.25, -0.2) is 0 Å². The molecule has 1 amide bonds. The van der Waals surface area contributed by atoms with E-state index in [-0.39, 0.29) is 11.9 Å². The molecular weight excluding hydrogens is 290 g/mol. The normalized spacial score (nSPS) is 11.7. The van der Waals surface area contributed by atoms with Crippen LogP contribution in [0.2, 0.25) is 0 Å². The number of aryl methyl sites for hydroxylation is 1. The van der Waals surface area contributed by atoms with E-state index < -0.39 is 0 Å². The minimum atomic E-state index is -0.170. The standard InChI is InChI=1S/C19H23NO3/c1-13-7-5-6-8-15(13)11-19(21)20-14(2)17-12-16(22-3)9-10-18(17)23-4/h5-10,12,14H,11H2,1-4H3,(H,20,21)/t14-/m0/s1. The number of benzene rings is 2. The average molecular weight is 313 g/mol. The molecule has 2 aromatic carbocycles. The fourth-order valence-electron chi connectivity index (χ4n) is 2.53. The Morgan fingerprint density at radius 2 is 1.87 bits per heavy atom. The van der Waals surface area contributed by atoms with Crippen molar-refractivity contribution in [1.29, 1.82) is 0 Å². The molecule has 2 rings (SSSR count). The predicted molar refractivity (Wildman–Crippen MR) is 91.0 cm³/mol. The largest absolute Gasteiger partial charge is 0.497 e. The van der Waals surface area contributed by atoms with Gasteiger partial charge in [-0.3, -0.25) is 4.79 Å². The first-order valence-corrected chi connectivity index (χ1v) is 7.61. The molecule has 0 spiro atoms. The summed E-state index contributed by atoms with van der Waals surface area (Å²) in [5, 5.41) is 3.02. The van der Waals surface area contributed by atoms with Gasteiger partial charge in [-0.05, 0) is 43.2 Å². The van der Waals surface area contributed by atoms with Gasteiger partial charge in [-0.15, -0.1) is 0 Å². The van der Waals surface area contributed by atoms with Crippen molar-refractivity contribution in [1.82, 2.24) is 5.32 Å². The molecule has 122 valence electrons. The van der Waals surface area contributed by atoms with Crippen molar-refractivity contribution in [3.8, 4) is 11.5 Å². The Kier molecular flexibility index (Phi) is 5.63. The zero-order valence-electron chi connectivity index (χ0n) is 14.1. The molecule has 0 aliphatic heterocycles. The van der Waals surface area contributed by atoms with Crippen molar-refractivity contribution >= 4 is 5.91 Å². The van der Waals surface area contributed by atoms with Crippen molar-refractivity contribution in [3.63, 3.8) is 0 Å². The van der Waals surface area contributed by atoms with E-state index in [0.29, 0.717) is 6.42 Å². The SMILES string of the molecule is COc1ccc(OC)c([C@H](C)NC(=O)Cc2ccccc2C)c1. The minimum Gasteiger partial charge on any atom is -0.497 e. The van der Waals surface area contributed by atoms with Crippen LogP contribution in [-0.2, 0) is 11.2 Å². The van der Waals surface area contributed by atoms with Crippen molar-refractivity contribution in [2.45, 2.75) is 26.3 Å². The molecule has 23 heavy (non-hydrogen) atoms. The maximum atomic E-state index is 12.3. The highest BCUT2D eigenvalue weighted by Crippen LogP contribution is 2.29. The highest BCUT2D eigenvalue weighted by atomic mass is 16.5. The molecule has 0 bridgehead atoms. The molecule has 2 aromatic rings. The summed E-state index contributed by atoms with van der Waals surface area (Å²) in [5.74, 6) is 1.45. The molecule has 0 aliphatic carbocycles. The lowest BCUT2D eigenvalue weighted by atomic mass is 10.0. The molecule has 1 atom stereocenters. The Hall–Kier alpha value is -2.49. The summed E-state index contributed by atoms with van der Waals surface area (Å²) in [6.45, 7) is 3.95. The fourth-order valence-corrected chi connectivity index (χ4v) is 2.53. The van der Waals surface area contributed by atoms with Crippen LogP contribution in [0.15, 0.2) is 42.5 Å². The van der Waals surface area contributed by atoms with Crippen LogP contribution in [0.3, 0.4) is 0 Å². The van der Waals surface area contributed by atoms with Gasteiger partial charge in [-0.1, -0.05) is 24.3 Å². The maximum Gasteiger partial charge on any atom is 0.224 e. The number of rotatable bonds is 6. The van der Waals surface area contributed by atoms with E-state index in [1.807, 2.05) is 56.3 Å². The van der Waals surface area contributed by atoms with Crippen LogP contribution < -0.4 is 14.8 Å². The smallest absolute Gasteiger partial charge is 0.224 e. The third-order valence-corrected chi connectivity index (χ3v) is 3.89. The van der Waals surface area contributed by atoms with Gasteiger partial charge in [0.05, 0.1) is 26.7 Å². The van der Waals surface area contributed by atoms with Crippen LogP contribution in [0.5, 0.6) is 11.5 Å². The molecule has 0 radical (unpaired) electrons. The molecule has 4 heteroatoms. The fraction of sp³-hybridized carbons (Fsp3) is 0.316. The summed E-state index contributed by atoms with van der Waals surface area (Å²) in [6, 6.07) is 13.3. The van der Waals surface area contributed by atoms with Crippen molar-refractivity contribution in [2.24, 2.45) is 0 Å². The van der Waals surface area contributed by atoms with Gasteiger partial charge in [0.25, 0.3) is 0 Å². The number of carbonyl (C=O) groups is 1. The van der Waals surface area contributed by atoms with Crippen LogP contribution >= 0.6 is 0 Å². The van der Waals surface area contributed by atoms with E-state index in [4.69, 9.17) is 9.47 Å². The number of nitrogens with one attached hydrogen (secondary N) is 1. The molecular formula is C19H23NO3. The first kappa shape index (κ1) is 16.9. The first-order valence-electron chi connectivity index (χ1n) is 7.61. The molecule has 0 saturated carbocycles. The number of hydrogen-bond acceptors (Lipinski definition) is 3. The molecule has 0 heterocycles. The van der Waals surface area contributed by atoms with E-state index in [1.165, 1.54) is 0 Å².